The fourth-order valence-electron chi connectivity index (χ4n) is 1.81. The minimum atomic E-state index is 0.528. The molecule has 1 fully saturated rings. The molecule has 0 aliphatic carbocycles. The molecule has 1 heterocycles. The molecule has 14 heavy (non-hydrogen) atoms. The molecule has 0 spiro atoms. The number of rotatable bonds is 7. The molecular formula is C11H24N2O. The molecule has 1 aliphatic heterocycles. The van der Waals surface area contributed by atoms with Crippen molar-refractivity contribution < 1.29 is 4.74 Å². The fraction of sp³-hybridized carbons (Fsp3) is 1.00. The SMILES string of the molecule is CNCCCNCCC1CCCCO1. The topological polar surface area (TPSA) is 33.3 Å². The van der Waals surface area contributed by atoms with Crippen molar-refractivity contribution in [3.05, 3.63) is 0 Å². The highest BCUT2D eigenvalue weighted by molar-refractivity contribution is 4.64. The van der Waals surface area contributed by atoms with E-state index in [1.165, 1.54) is 32.1 Å². The van der Waals surface area contributed by atoms with E-state index in [4.69, 9.17) is 4.74 Å². The summed E-state index contributed by atoms with van der Waals surface area (Å²) in [6.45, 7) is 4.30. The van der Waals surface area contributed by atoms with Crippen LogP contribution in [0.2, 0.25) is 0 Å². The molecule has 3 nitrogen and oxygen atoms in total. The summed E-state index contributed by atoms with van der Waals surface area (Å²) in [6.07, 6.45) is 6.79. The summed E-state index contributed by atoms with van der Waals surface area (Å²) in [7, 11) is 2.00. The Morgan fingerprint density at radius 2 is 2.14 bits per heavy atom. The molecule has 0 aromatic carbocycles. The molecule has 0 saturated carbocycles. The maximum absolute atomic E-state index is 5.65. The Balaban J connectivity index is 1.82. The first-order valence-corrected chi connectivity index (χ1v) is 5.90. The maximum Gasteiger partial charge on any atom is 0.0587 e. The van der Waals surface area contributed by atoms with Gasteiger partial charge in [0.05, 0.1) is 6.10 Å². The standard InChI is InChI=1S/C11H24N2O/c1-12-7-4-8-13-9-6-11-5-2-3-10-14-11/h11-13H,2-10H2,1H3. The van der Waals surface area contributed by atoms with Crippen molar-refractivity contribution in [2.75, 3.05) is 33.3 Å². The summed E-state index contributed by atoms with van der Waals surface area (Å²) in [4.78, 5) is 0. The Hall–Kier alpha value is -0.120. The lowest BCUT2D eigenvalue weighted by Gasteiger charge is -2.22. The molecule has 1 rings (SSSR count). The van der Waals surface area contributed by atoms with E-state index in [1.54, 1.807) is 0 Å². The first-order chi connectivity index (χ1) is 6.93. The number of nitrogens with one attached hydrogen (secondary N) is 2. The molecule has 1 saturated heterocycles. The predicted molar refractivity (Wildman–Crippen MR) is 59.6 cm³/mol. The highest BCUT2D eigenvalue weighted by atomic mass is 16.5. The molecular weight excluding hydrogens is 176 g/mol. The van der Waals surface area contributed by atoms with Crippen LogP contribution in [0.25, 0.3) is 0 Å². The molecule has 3 heteroatoms. The van der Waals surface area contributed by atoms with E-state index in [9.17, 15) is 0 Å². The highest BCUT2D eigenvalue weighted by Crippen LogP contribution is 2.14. The van der Waals surface area contributed by atoms with Crippen LogP contribution in [0.4, 0.5) is 0 Å². The average molecular weight is 200 g/mol. The summed E-state index contributed by atoms with van der Waals surface area (Å²) in [5, 5.41) is 6.59. The van der Waals surface area contributed by atoms with Crippen LogP contribution in [0.3, 0.4) is 0 Å². The molecule has 84 valence electrons. The lowest BCUT2D eigenvalue weighted by atomic mass is 10.1. The molecule has 0 amide bonds. The minimum absolute atomic E-state index is 0.528. The number of hydrogen-bond donors (Lipinski definition) is 2. The molecule has 0 bridgehead atoms. The van der Waals surface area contributed by atoms with Crippen LogP contribution in [0.5, 0.6) is 0 Å². The van der Waals surface area contributed by atoms with Crippen molar-refractivity contribution in [3.63, 3.8) is 0 Å². The third-order valence-electron chi connectivity index (χ3n) is 2.70. The van der Waals surface area contributed by atoms with Gasteiger partial charge in [-0.05, 0) is 58.8 Å². The van der Waals surface area contributed by atoms with Crippen LogP contribution in [0.15, 0.2) is 0 Å². The second-order valence-electron chi connectivity index (χ2n) is 3.98. The monoisotopic (exact) mass is 200 g/mol. The second kappa shape index (κ2) is 8.21. The van der Waals surface area contributed by atoms with Gasteiger partial charge in [-0.25, -0.2) is 0 Å². The van der Waals surface area contributed by atoms with E-state index in [-0.39, 0.29) is 0 Å². The van der Waals surface area contributed by atoms with Gasteiger partial charge in [-0.2, -0.15) is 0 Å². The van der Waals surface area contributed by atoms with Crippen molar-refractivity contribution in [3.8, 4) is 0 Å². The third kappa shape index (κ3) is 5.58. The largest absolute Gasteiger partial charge is 0.378 e. The van der Waals surface area contributed by atoms with Gasteiger partial charge in [-0.15, -0.1) is 0 Å². The third-order valence-corrected chi connectivity index (χ3v) is 2.70. The molecule has 0 aromatic rings. The normalized spacial score (nSPS) is 22.5. The van der Waals surface area contributed by atoms with Crippen LogP contribution in [0.1, 0.15) is 32.1 Å². The first kappa shape index (κ1) is 12.0. The van der Waals surface area contributed by atoms with E-state index in [0.29, 0.717) is 6.10 Å². The van der Waals surface area contributed by atoms with Crippen LogP contribution in [0, 0.1) is 0 Å². The lowest BCUT2D eigenvalue weighted by Crippen LogP contribution is -2.26. The quantitative estimate of drug-likeness (QED) is 0.605. The minimum Gasteiger partial charge on any atom is -0.378 e. The Kier molecular flexibility index (Phi) is 7.01. The van der Waals surface area contributed by atoms with Gasteiger partial charge in [0.2, 0.25) is 0 Å². The smallest absolute Gasteiger partial charge is 0.0587 e. The summed E-state index contributed by atoms with van der Waals surface area (Å²) < 4.78 is 5.65. The van der Waals surface area contributed by atoms with Crippen molar-refractivity contribution in [1.82, 2.24) is 10.6 Å². The van der Waals surface area contributed by atoms with Gasteiger partial charge in [-0.1, -0.05) is 0 Å². The number of hydrogen-bond acceptors (Lipinski definition) is 3. The van der Waals surface area contributed by atoms with E-state index in [0.717, 1.165) is 26.2 Å². The molecule has 1 aliphatic rings. The maximum atomic E-state index is 5.65. The molecule has 0 radical (unpaired) electrons. The Morgan fingerprint density at radius 1 is 1.21 bits per heavy atom. The Morgan fingerprint density at radius 3 is 2.86 bits per heavy atom. The van der Waals surface area contributed by atoms with Gasteiger partial charge >= 0.3 is 0 Å². The zero-order valence-electron chi connectivity index (χ0n) is 9.35. The summed E-state index contributed by atoms with van der Waals surface area (Å²) in [6, 6.07) is 0. The lowest BCUT2D eigenvalue weighted by molar-refractivity contribution is 0.0116. The van der Waals surface area contributed by atoms with E-state index in [1.807, 2.05) is 7.05 Å². The van der Waals surface area contributed by atoms with Crippen LogP contribution >= 0.6 is 0 Å². The fourth-order valence-corrected chi connectivity index (χ4v) is 1.81. The average Bonchev–Trinajstić information content (AvgIpc) is 2.25. The van der Waals surface area contributed by atoms with Gasteiger partial charge in [0.1, 0.15) is 0 Å². The zero-order chi connectivity index (χ0) is 10.1. The molecule has 1 atom stereocenters. The summed E-state index contributed by atoms with van der Waals surface area (Å²) in [5.41, 5.74) is 0. The van der Waals surface area contributed by atoms with Gasteiger partial charge in [0, 0.05) is 6.61 Å². The number of ether oxygens (including phenoxy) is 1. The molecule has 1 unspecified atom stereocenters. The van der Waals surface area contributed by atoms with Crippen molar-refractivity contribution in [2.24, 2.45) is 0 Å². The summed E-state index contributed by atoms with van der Waals surface area (Å²) >= 11 is 0. The molecule has 2 N–H and O–H groups in total. The van der Waals surface area contributed by atoms with Gasteiger partial charge in [0.25, 0.3) is 0 Å². The van der Waals surface area contributed by atoms with Crippen LogP contribution < -0.4 is 10.6 Å². The first-order valence-electron chi connectivity index (χ1n) is 5.90. The second-order valence-corrected chi connectivity index (χ2v) is 3.98. The van der Waals surface area contributed by atoms with Crippen LogP contribution in [-0.2, 0) is 4.74 Å². The van der Waals surface area contributed by atoms with Crippen molar-refractivity contribution >= 4 is 0 Å². The van der Waals surface area contributed by atoms with Crippen molar-refractivity contribution in [1.29, 1.82) is 0 Å². The predicted octanol–water partition coefficient (Wildman–Crippen LogP) is 1.14. The van der Waals surface area contributed by atoms with Crippen LogP contribution in [-0.4, -0.2) is 39.4 Å². The van der Waals surface area contributed by atoms with E-state index >= 15 is 0 Å². The Labute approximate surface area is 87.6 Å². The van der Waals surface area contributed by atoms with Gasteiger partial charge in [-0.3, -0.25) is 0 Å². The zero-order valence-corrected chi connectivity index (χ0v) is 9.35. The van der Waals surface area contributed by atoms with Gasteiger partial charge in [0.15, 0.2) is 0 Å². The Bertz CT molecular complexity index is 124. The van der Waals surface area contributed by atoms with Crippen molar-refractivity contribution in [2.45, 2.75) is 38.2 Å². The van der Waals surface area contributed by atoms with E-state index < -0.39 is 0 Å². The summed E-state index contributed by atoms with van der Waals surface area (Å²) in [5.74, 6) is 0. The van der Waals surface area contributed by atoms with E-state index in [2.05, 4.69) is 10.6 Å². The molecule has 0 aromatic heterocycles. The van der Waals surface area contributed by atoms with Gasteiger partial charge < -0.3 is 15.4 Å². The highest BCUT2D eigenvalue weighted by Gasteiger charge is 2.12.